The average molecular weight is 405 g/mol. The Morgan fingerprint density at radius 3 is 2.50 bits per heavy atom. The number of hydrogen-bond donors (Lipinski definition) is 0. The van der Waals surface area contributed by atoms with E-state index < -0.39 is 0 Å². The molecule has 156 valence electrons. The molecule has 0 amide bonds. The van der Waals surface area contributed by atoms with Crippen molar-refractivity contribution < 1.29 is 19.0 Å². The maximum atomic E-state index is 11.9. The normalized spacial score (nSPS) is 16.1. The molecule has 2 unspecified atom stereocenters. The molecular weight excluding hydrogens is 378 g/mol. The maximum Gasteiger partial charge on any atom is 0.311 e. The second-order valence-corrected chi connectivity index (χ2v) is 7.58. The highest BCUT2D eigenvalue weighted by Crippen LogP contribution is 2.26. The third-order valence-corrected chi connectivity index (χ3v) is 5.54. The molecular formula is C25H27NO4. The van der Waals surface area contributed by atoms with Crippen LogP contribution in [-0.4, -0.2) is 37.0 Å². The molecule has 0 N–H and O–H groups in total. The van der Waals surface area contributed by atoms with Crippen LogP contribution in [0, 0.1) is 12.8 Å². The lowest BCUT2D eigenvalue weighted by molar-refractivity contribution is -0.146. The van der Waals surface area contributed by atoms with Crippen LogP contribution in [0.5, 0.6) is 5.75 Å². The van der Waals surface area contributed by atoms with Gasteiger partial charge in [0.05, 0.1) is 32.3 Å². The van der Waals surface area contributed by atoms with Gasteiger partial charge in [0.1, 0.15) is 12.4 Å². The lowest BCUT2D eigenvalue weighted by atomic mass is 9.96. The molecule has 5 nitrogen and oxygen atoms in total. The number of hydrogen-bond acceptors (Lipinski definition) is 4. The molecule has 0 aliphatic carbocycles. The zero-order valence-corrected chi connectivity index (χ0v) is 17.4. The van der Waals surface area contributed by atoms with E-state index in [4.69, 9.17) is 14.2 Å². The number of aryl methyl sites for hydroxylation is 1. The number of aromatic nitrogens is 1. The van der Waals surface area contributed by atoms with Crippen molar-refractivity contribution >= 4 is 5.97 Å². The van der Waals surface area contributed by atoms with E-state index in [1.807, 2.05) is 30.3 Å². The highest BCUT2D eigenvalue weighted by molar-refractivity contribution is 5.73. The Balaban J connectivity index is 1.34. The molecule has 5 heteroatoms. The van der Waals surface area contributed by atoms with Gasteiger partial charge in [-0.15, -0.1) is 0 Å². The van der Waals surface area contributed by atoms with Crippen LogP contribution in [0.25, 0.3) is 11.3 Å². The SMILES string of the molecule is COC(=O)C(Cc1ccc(OCCn2c(C)ccc2-c2ccccc2)cc1)C1CO1. The topological polar surface area (TPSA) is 53.0 Å². The molecule has 1 fully saturated rings. The van der Waals surface area contributed by atoms with E-state index >= 15 is 0 Å². The Morgan fingerprint density at radius 1 is 1.10 bits per heavy atom. The molecule has 30 heavy (non-hydrogen) atoms. The lowest BCUT2D eigenvalue weighted by Gasteiger charge is -2.14. The fraction of sp³-hybridized carbons (Fsp3) is 0.320. The van der Waals surface area contributed by atoms with E-state index in [0.29, 0.717) is 19.6 Å². The number of esters is 1. The quantitative estimate of drug-likeness (QED) is 0.394. The Bertz CT molecular complexity index is 974. The van der Waals surface area contributed by atoms with Gasteiger partial charge in [-0.2, -0.15) is 0 Å². The molecule has 0 saturated carbocycles. The number of methoxy groups -OCH3 is 1. The number of ether oxygens (including phenoxy) is 3. The molecule has 1 aliphatic heterocycles. The van der Waals surface area contributed by atoms with Crippen LogP contribution in [0.3, 0.4) is 0 Å². The molecule has 2 aromatic carbocycles. The minimum absolute atomic E-state index is 0.0167. The Morgan fingerprint density at radius 2 is 1.83 bits per heavy atom. The van der Waals surface area contributed by atoms with Crippen molar-refractivity contribution in [2.45, 2.75) is 26.0 Å². The highest BCUT2D eigenvalue weighted by Gasteiger charge is 2.38. The molecule has 3 aromatic rings. The van der Waals surface area contributed by atoms with Gasteiger partial charge in [-0.1, -0.05) is 42.5 Å². The fourth-order valence-corrected chi connectivity index (χ4v) is 3.76. The summed E-state index contributed by atoms with van der Waals surface area (Å²) in [6.07, 6.45) is 0.595. The van der Waals surface area contributed by atoms with Gasteiger partial charge in [0, 0.05) is 11.4 Å². The minimum atomic E-state index is -0.241. The average Bonchev–Trinajstić information content (AvgIpc) is 3.56. The number of epoxide rings is 1. The van der Waals surface area contributed by atoms with Crippen LogP contribution in [0.15, 0.2) is 66.7 Å². The third-order valence-electron chi connectivity index (χ3n) is 5.54. The predicted octanol–water partition coefficient (Wildman–Crippen LogP) is 4.27. The van der Waals surface area contributed by atoms with Crippen molar-refractivity contribution in [3.8, 4) is 17.0 Å². The van der Waals surface area contributed by atoms with E-state index in [1.165, 1.54) is 24.1 Å². The minimum Gasteiger partial charge on any atom is -0.492 e. The van der Waals surface area contributed by atoms with Gasteiger partial charge in [-0.3, -0.25) is 4.79 Å². The largest absolute Gasteiger partial charge is 0.492 e. The van der Waals surface area contributed by atoms with Crippen LogP contribution in [-0.2, 0) is 27.2 Å². The zero-order chi connectivity index (χ0) is 20.9. The van der Waals surface area contributed by atoms with Gasteiger partial charge < -0.3 is 18.8 Å². The summed E-state index contributed by atoms with van der Waals surface area (Å²) in [6.45, 7) is 4.09. The number of rotatable bonds is 9. The summed E-state index contributed by atoms with van der Waals surface area (Å²) in [7, 11) is 1.42. The molecule has 0 spiro atoms. The van der Waals surface area contributed by atoms with Crippen LogP contribution in [0.1, 0.15) is 11.3 Å². The summed E-state index contributed by atoms with van der Waals surface area (Å²) in [5.41, 5.74) is 4.68. The highest BCUT2D eigenvalue weighted by atomic mass is 16.6. The van der Waals surface area contributed by atoms with E-state index in [1.54, 1.807) is 0 Å². The van der Waals surface area contributed by atoms with Gasteiger partial charge in [0.25, 0.3) is 0 Å². The Hall–Kier alpha value is -3.05. The molecule has 1 aliphatic rings. The van der Waals surface area contributed by atoms with Crippen LogP contribution in [0.4, 0.5) is 0 Å². The Labute approximate surface area is 177 Å². The van der Waals surface area contributed by atoms with Gasteiger partial charge >= 0.3 is 5.97 Å². The van der Waals surface area contributed by atoms with E-state index in [0.717, 1.165) is 17.9 Å². The summed E-state index contributed by atoms with van der Waals surface area (Å²) in [6, 6.07) is 22.6. The lowest BCUT2D eigenvalue weighted by Crippen LogP contribution is -2.24. The summed E-state index contributed by atoms with van der Waals surface area (Å²) >= 11 is 0. The van der Waals surface area contributed by atoms with Crippen molar-refractivity contribution in [1.29, 1.82) is 0 Å². The third kappa shape index (κ3) is 4.74. The number of carbonyl (C=O) groups is 1. The van der Waals surface area contributed by atoms with Gasteiger partial charge in [0.2, 0.25) is 0 Å². The molecule has 1 aromatic heterocycles. The van der Waals surface area contributed by atoms with Crippen LogP contribution in [0.2, 0.25) is 0 Å². The summed E-state index contributed by atoms with van der Waals surface area (Å²) in [5.74, 6) is 0.367. The van der Waals surface area contributed by atoms with Gasteiger partial charge in [-0.05, 0) is 48.7 Å². The van der Waals surface area contributed by atoms with E-state index in [9.17, 15) is 4.79 Å². The molecule has 2 heterocycles. The molecule has 0 bridgehead atoms. The van der Waals surface area contributed by atoms with Crippen molar-refractivity contribution in [2.24, 2.45) is 5.92 Å². The first-order valence-electron chi connectivity index (χ1n) is 10.3. The molecule has 4 rings (SSSR count). The fourth-order valence-electron chi connectivity index (χ4n) is 3.76. The van der Waals surface area contributed by atoms with Crippen LogP contribution < -0.4 is 4.74 Å². The van der Waals surface area contributed by atoms with Crippen molar-refractivity contribution in [3.63, 3.8) is 0 Å². The van der Waals surface area contributed by atoms with Crippen LogP contribution >= 0.6 is 0 Å². The predicted molar refractivity (Wildman–Crippen MR) is 115 cm³/mol. The second-order valence-electron chi connectivity index (χ2n) is 7.58. The van der Waals surface area contributed by atoms with Crippen molar-refractivity contribution in [1.82, 2.24) is 4.57 Å². The van der Waals surface area contributed by atoms with Gasteiger partial charge in [0.15, 0.2) is 0 Å². The first-order valence-corrected chi connectivity index (χ1v) is 10.3. The smallest absolute Gasteiger partial charge is 0.311 e. The number of nitrogens with zero attached hydrogens (tertiary/aromatic N) is 1. The molecule has 0 radical (unpaired) electrons. The van der Waals surface area contributed by atoms with Gasteiger partial charge in [-0.25, -0.2) is 0 Å². The first-order chi connectivity index (χ1) is 14.7. The van der Waals surface area contributed by atoms with E-state index in [-0.39, 0.29) is 18.0 Å². The monoisotopic (exact) mass is 405 g/mol. The standard InChI is InChI=1S/C25H27NO4/c1-18-8-13-23(20-6-4-3-5-7-20)26(18)14-15-29-21-11-9-19(10-12-21)16-22(24-17-30-24)25(27)28-2/h3-13,22,24H,14-17H2,1-2H3. The summed E-state index contributed by atoms with van der Waals surface area (Å²) in [5, 5.41) is 0. The molecule has 1 saturated heterocycles. The van der Waals surface area contributed by atoms with Crippen molar-refractivity contribution in [3.05, 3.63) is 78.0 Å². The maximum absolute atomic E-state index is 11.9. The number of benzene rings is 2. The van der Waals surface area contributed by atoms with E-state index in [2.05, 4.69) is 47.9 Å². The molecule has 2 atom stereocenters. The zero-order valence-electron chi connectivity index (χ0n) is 17.4. The summed E-state index contributed by atoms with van der Waals surface area (Å²) < 4.78 is 18.5. The van der Waals surface area contributed by atoms with Crippen molar-refractivity contribution in [2.75, 3.05) is 20.3 Å². The summed E-state index contributed by atoms with van der Waals surface area (Å²) in [4.78, 5) is 11.9. The number of carbonyl (C=O) groups excluding carboxylic acids is 1. The second kappa shape index (κ2) is 9.18. The first kappa shape index (κ1) is 20.2. The Kier molecular flexibility index (Phi) is 6.19.